The number of imidazole rings is 1. The minimum absolute atomic E-state index is 0.0141. The van der Waals surface area contributed by atoms with Crippen LogP contribution in [0.2, 0.25) is 10.0 Å². The highest BCUT2D eigenvalue weighted by Gasteiger charge is 2.19. The summed E-state index contributed by atoms with van der Waals surface area (Å²) in [5, 5.41) is 17.4. The predicted molar refractivity (Wildman–Crippen MR) is 114 cm³/mol. The van der Waals surface area contributed by atoms with E-state index in [-0.39, 0.29) is 50.9 Å². The number of H-pyrrole nitrogens is 1. The van der Waals surface area contributed by atoms with Gasteiger partial charge in [0.15, 0.2) is 16.3 Å². The van der Waals surface area contributed by atoms with E-state index < -0.39 is 5.82 Å². The first-order valence-corrected chi connectivity index (χ1v) is 9.94. The van der Waals surface area contributed by atoms with Gasteiger partial charge >= 0.3 is 0 Å². The molecule has 0 saturated carbocycles. The molecule has 0 bridgehead atoms. The quantitative estimate of drug-likeness (QED) is 0.364. The van der Waals surface area contributed by atoms with Crippen molar-refractivity contribution in [2.75, 3.05) is 0 Å². The van der Waals surface area contributed by atoms with Crippen molar-refractivity contribution >= 4 is 35.4 Å². The normalized spacial score (nSPS) is 10.8. The van der Waals surface area contributed by atoms with Gasteiger partial charge in [0, 0.05) is 23.8 Å². The van der Waals surface area contributed by atoms with Gasteiger partial charge in [-0.1, -0.05) is 29.3 Å². The summed E-state index contributed by atoms with van der Waals surface area (Å²) in [5.41, 5.74) is 1.12. The number of aromatic amines is 1. The van der Waals surface area contributed by atoms with Gasteiger partial charge in [-0.15, -0.1) is 10.2 Å². The Morgan fingerprint density at radius 2 is 2.10 bits per heavy atom. The number of ether oxygens (including phenoxy) is 1. The molecule has 0 aliphatic heterocycles. The molecule has 1 N–H and O–H groups in total. The fourth-order valence-electron chi connectivity index (χ4n) is 2.84. The lowest BCUT2D eigenvalue weighted by atomic mass is 10.1. The lowest BCUT2D eigenvalue weighted by Crippen LogP contribution is -1.98. The highest BCUT2D eigenvalue weighted by Crippen LogP contribution is 2.36. The standard InChI is InChI=1S/C20H12Cl2FN5O2S/c1-28-15(9-25-20(28)31)19-27-26-16(30-19)6-11-2-3-14(22)18(17(11)23)29-13-5-10(8-24)4-12(21)7-13/h2-5,7,9H,6H2,1H3,(H,25,31). The molecule has 0 atom stereocenters. The first-order chi connectivity index (χ1) is 14.9. The molecule has 156 valence electrons. The maximum absolute atomic E-state index is 15.2. The first kappa shape index (κ1) is 21.1. The monoisotopic (exact) mass is 475 g/mol. The number of nitriles is 1. The highest BCUT2D eigenvalue weighted by atomic mass is 35.5. The summed E-state index contributed by atoms with van der Waals surface area (Å²) in [7, 11) is 1.76. The Hall–Kier alpha value is -3.19. The number of rotatable bonds is 5. The minimum Gasteiger partial charge on any atom is -0.453 e. The first-order valence-electron chi connectivity index (χ1n) is 8.78. The van der Waals surface area contributed by atoms with E-state index in [1.54, 1.807) is 17.8 Å². The highest BCUT2D eigenvalue weighted by molar-refractivity contribution is 7.71. The van der Waals surface area contributed by atoms with Crippen molar-refractivity contribution in [2.24, 2.45) is 7.05 Å². The average molecular weight is 476 g/mol. The van der Waals surface area contributed by atoms with Gasteiger partial charge < -0.3 is 18.7 Å². The SMILES string of the molecule is Cn1c(-c2nnc(Cc3ccc(Cl)c(Oc4cc(Cl)cc(C#N)c4)c3F)o2)c[nH]c1=S. The number of halogens is 3. The van der Waals surface area contributed by atoms with Crippen molar-refractivity contribution in [2.45, 2.75) is 6.42 Å². The zero-order chi connectivity index (χ0) is 22.1. The average Bonchev–Trinajstić information content (AvgIpc) is 3.33. The smallest absolute Gasteiger partial charge is 0.265 e. The summed E-state index contributed by atoms with van der Waals surface area (Å²) >= 11 is 17.2. The van der Waals surface area contributed by atoms with Crippen LogP contribution in [0.4, 0.5) is 4.39 Å². The van der Waals surface area contributed by atoms with Crippen molar-refractivity contribution in [3.8, 4) is 29.2 Å². The van der Waals surface area contributed by atoms with Gasteiger partial charge in [-0.25, -0.2) is 4.39 Å². The Bertz CT molecular complexity index is 1390. The Morgan fingerprint density at radius 3 is 2.81 bits per heavy atom. The van der Waals surface area contributed by atoms with Crippen molar-refractivity contribution < 1.29 is 13.5 Å². The number of benzene rings is 2. The third-order valence-corrected chi connectivity index (χ3v) is 5.28. The molecule has 0 saturated heterocycles. The van der Waals surface area contributed by atoms with E-state index in [0.717, 1.165) is 0 Å². The second kappa shape index (κ2) is 8.51. The predicted octanol–water partition coefficient (Wildman–Crippen LogP) is 5.83. The fraction of sp³-hybridized carbons (Fsp3) is 0.100. The molecule has 4 aromatic rings. The van der Waals surface area contributed by atoms with Crippen molar-refractivity contribution in [3.63, 3.8) is 0 Å². The third kappa shape index (κ3) is 4.32. The molecular formula is C20H12Cl2FN5O2S. The van der Waals surface area contributed by atoms with E-state index in [9.17, 15) is 0 Å². The Balaban J connectivity index is 1.63. The number of hydrogen-bond acceptors (Lipinski definition) is 6. The van der Waals surface area contributed by atoms with Crippen molar-refractivity contribution in [3.05, 3.63) is 74.2 Å². The van der Waals surface area contributed by atoms with Gasteiger partial charge in [-0.05, 0) is 36.5 Å². The van der Waals surface area contributed by atoms with E-state index in [2.05, 4.69) is 15.2 Å². The van der Waals surface area contributed by atoms with Gasteiger partial charge in [0.2, 0.25) is 5.89 Å². The number of aromatic nitrogens is 4. The van der Waals surface area contributed by atoms with E-state index in [1.807, 2.05) is 6.07 Å². The van der Waals surface area contributed by atoms with Gasteiger partial charge in [0.1, 0.15) is 11.4 Å². The number of nitrogens with one attached hydrogen (secondary N) is 1. The molecule has 0 aliphatic carbocycles. The van der Waals surface area contributed by atoms with E-state index in [4.69, 9.17) is 49.8 Å². The van der Waals surface area contributed by atoms with Crippen LogP contribution in [-0.4, -0.2) is 19.7 Å². The third-order valence-electron chi connectivity index (χ3n) is 4.38. The molecule has 0 fully saturated rings. The molecule has 31 heavy (non-hydrogen) atoms. The van der Waals surface area contributed by atoms with Crippen LogP contribution in [-0.2, 0) is 13.5 Å². The molecule has 11 heteroatoms. The summed E-state index contributed by atoms with van der Waals surface area (Å²) in [6.07, 6.45) is 1.66. The van der Waals surface area contributed by atoms with Crippen LogP contribution in [0.1, 0.15) is 17.0 Å². The van der Waals surface area contributed by atoms with Crippen LogP contribution in [0.15, 0.2) is 40.9 Å². The number of nitrogens with zero attached hydrogens (tertiary/aromatic N) is 4. The second-order valence-electron chi connectivity index (χ2n) is 6.45. The van der Waals surface area contributed by atoms with Gasteiger partial charge in [0.25, 0.3) is 5.89 Å². The van der Waals surface area contributed by atoms with Crippen LogP contribution in [0, 0.1) is 21.9 Å². The Labute approximate surface area is 190 Å². The van der Waals surface area contributed by atoms with Crippen LogP contribution >= 0.6 is 35.4 Å². The van der Waals surface area contributed by atoms with Gasteiger partial charge in [-0.3, -0.25) is 0 Å². The molecule has 2 aromatic carbocycles. The molecule has 4 rings (SSSR count). The molecule has 0 spiro atoms. The maximum atomic E-state index is 15.2. The molecule has 0 unspecified atom stereocenters. The topological polar surface area (TPSA) is 92.7 Å². The zero-order valence-corrected chi connectivity index (χ0v) is 18.1. The zero-order valence-electron chi connectivity index (χ0n) is 15.8. The molecule has 7 nitrogen and oxygen atoms in total. The van der Waals surface area contributed by atoms with Crippen molar-refractivity contribution in [1.82, 2.24) is 19.7 Å². The Kier molecular flexibility index (Phi) is 5.78. The van der Waals surface area contributed by atoms with Crippen molar-refractivity contribution in [1.29, 1.82) is 5.26 Å². The largest absolute Gasteiger partial charge is 0.453 e. The maximum Gasteiger partial charge on any atom is 0.265 e. The summed E-state index contributed by atoms with van der Waals surface area (Å²) in [6, 6.07) is 9.32. The summed E-state index contributed by atoms with van der Waals surface area (Å²) in [4.78, 5) is 2.88. The summed E-state index contributed by atoms with van der Waals surface area (Å²) < 4.78 is 28.6. The number of hydrogen-bond donors (Lipinski definition) is 1. The van der Waals surface area contributed by atoms with Crippen LogP contribution in [0.5, 0.6) is 11.5 Å². The molecule has 2 aromatic heterocycles. The van der Waals surface area contributed by atoms with Gasteiger partial charge in [0.05, 0.1) is 23.1 Å². The molecular weight excluding hydrogens is 464 g/mol. The van der Waals surface area contributed by atoms with Crippen LogP contribution < -0.4 is 4.74 Å². The van der Waals surface area contributed by atoms with Gasteiger partial charge in [-0.2, -0.15) is 5.26 Å². The fourth-order valence-corrected chi connectivity index (χ4v) is 3.40. The molecule has 0 amide bonds. The lowest BCUT2D eigenvalue weighted by molar-refractivity contribution is 0.437. The molecule has 0 aliphatic rings. The lowest BCUT2D eigenvalue weighted by Gasteiger charge is -2.11. The Morgan fingerprint density at radius 1 is 1.29 bits per heavy atom. The second-order valence-corrected chi connectivity index (χ2v) is 7.69. The van der Waals surface area contributed by atoms with Crippen LogP contribution in [0.25, 0.3) is 11.6 Å². The van der Waals surface area contributed by atoms with E-state index >= 15 is 4.39 Å². The molecule has 2 heterocycles. The van der Waals surface area contributed by atoms with Crippen LogP contribution in [0.3, 0.4) is 0 Å². The molecule has 0 radical (unpaired) electrons. The van der Waals surface area contributed by atoms with E-state index in [1.165, 1.54) is 30.3 Å². The minimum atomic E-state index is -0.689. The van der Waals surface area contributed by atoms with E-state index in [0.29, 0.717) is 10.5 Å². The summed E-state index contributed by atoms with van der Waals surface area (Å²) in [5.74, 6) is -0.257. The summed E-state index contributed by atoms with van der Waals surface area (Å²) in [6.45, 7) is 0.